The summed E-state index contributed by atoms with van der Waals surface area (Å²) in [6.07, 6.45) is 0. The van der Waals surface area contributed by atoms with Crippen LogP contribution in [-0.2, 0) is 4.79 Å². The smallest absolute Gasteiger partial charge is 0.238 e. The van der Waals surface area contributed by atoms with Gasteiger partial charge in [0.15, 0.2) is 0 Å². The number of halogens is 1. The predicted molar refractivity (Wildman–Crippen MR) is 74.1 cm³/mol. The van der Waals surface area contributed by atoms with E-state index in [0.29, 0.717) is 22.8 Å². The van der Waals surface area contributed by atoms with Crippen LogP contribution in [0.1, 0.15) is 5.56 Å². The van der Waals surface area contributed by atoms with Gasteiger partial charge in [0.1, 0.15) is 6.07 Å². The van der Waals surface area contributed by atoms with E-state index in [1.54, 1.807) is 18.2 Å². The van der Waals surface area contributed by atoms with Crippen molar-refractivity contribution in [2.75, 3.05) is 38.0 Å². The first-order valence-corrected chi connectivity index (χ1v) is 6.49. The minimum atomic E-state index is -0.0670. The first kappa shape index (κ1) is 13.8. The van der Waals surface area contributed by atoms with Crippen LogP contribution in [0.4, 0.5) is 5.69 Å². The van der Waals surface area contributed by atoms with Crippen molar-refractivity contribution in [1.82, 2.24) is 10.2 Å². The van der Waals surface area contributed by atoms with Gasteiger partial charge in [0.2, 0.25) is 5.91 Å². The van der Waals surface area contributed by atoms with Crippen molar-refractivity contribution >= 4 is 23.2 Å². The predicted octanol–water partition coefficient (Wildman–Crippen LogP) is 1.06. The highest BCUT2D eigenvalue weighted by molar-refractivity contribution is 6.32. The zero-order valence-corrected chi connectivity index (χ0v) is 11.2. The summed E-state index contributed by atoms with van der Waals surface area (Å²) in [4.78, 5) is 14.0. The summed E-state index contributed by atoms with van der Waals surface area (Å²) in [7, 11) is 0. The third kappa shape index (κ3) is 3.93. The molecule has 100 valence electrons. The molecule has 0 unspecified atom stereocenters. The zero-order chi connectivity index (χ0) is 13.7. The summed E-state index contributed by atoms with van der Waals surface area (Å²) in [6.45, 7) is 3.95. The molecule has 1 amide bonds. The third-order valence-electron chi connectivity index (χ3n) is 2.95. The number of rotatable bonds is 3. The second-order valence-corrected chi connectivity index (χ2v) is 4.79. The molecule has 0 radical (unpaired) electrons. The van der Waals surface area contributed by atoms with Gasteiger partial charge in [-0.25, -0.2) is 0 Å². The van der Waals surface area contributed by atoms with Gasteiger partial charge >= 0.3 is 0 Å². The fourth-order valence-electron chi connectivity index (χ4n) is 1.96. The van der Waals surface area contributed by atoms with Crippen molar-refractivity contribution in [2.45, 2.75) is 0 Å². The minimum Gasteiger partial charge on any atom is -0.325 e. The van der Waals surface area contributed by atoms with Crippen LogP contribution in [-0.4, -0.2) is 43.5 Å². The maximum absolute atomic E-state index is 11.9. The third-order valence-corrected chi connectivity index (χ3v) is 3.26. The molecule has 1 aromatic rings. The van der Waals surface area contributed by atoms with Gasteiger partial charge in [-0.3, -0.25) is 9.69 Å². The SMILES string of the molecule is N#Cc1ccc(NC(=O)CN2CCNCC2)cc1Cl. The Labute approximate surface area is 117 Å². The van der Waals surface area contributed by atoms with Crippen molar-refractivity contribution in [2.24, 2.45) is 0 Å². The average Bonchev–Trinajstić information content (AvgIpc) is 2.40. The van der Waals surface area contributed by atoms with Gasteiger partial charge in [0.25, 0.3) is 0 Å². The normalized spacial score (nSPS) is 15.8. The lowest BCUT2D eigenvalue weighted by Crippen LogP contribution is -2.46. The van der Waals surface area contributed by atoms with Gasteiger partial charge in [0, 0.05) is 31.9 Å². The highest BCUT2D eigenvalue weighted by Crippen LogP contribution is 2.20. The molecule has 1 aromatic carbocycles. The molecule has 1 saturated heterocycles. The topological polar surface area (TPSA) is 68.2 Å². The van der Waals surface area contributed by atoms with E-state index in [-0.39, 0.29) is 5.91 Å². The van der Waals surface area contributed by atoms with Crippen LogP contribution in [0.3, 0.4) is 0 Å². The molecule has 1 aliphatic heterocycles. The fourth-order valence-corrected chi connectivity index (χ4v) is 2.18. The number of carbonyl (C=O) groups is 1. The van der Waals surface area contributed by atoms with Gasteiger partial charge in [-0.1, -0.05) is 11.6 Å². The van der Waals surface area contributed by atoms with E-state index in [9.17, 15) is 4.79 Å². The van der Waals surface area contributed by atoms with E-state index in [2.05, 4.69) is 15.5 Å². The van der Waals surface area contributed by atoms with Gasteiger partial charge in [0.05, 0.1) is 17.1 Å². The van der Waals surface area contributed by atoms with E-state index < -0.39 is 0 Å². The van der Waals surface area contributed by atoms with Crippen LogP contribution in [0.2, 0.25) is 5.02 Å². The minimum absolute atomic E-state index is 0.0670. The number of benzene rings is 1. The molecule has 5 nitrogen and oxygen atoms in total. The molecule has 2 N–H and O–H groups in total. The van der Waals surface area contributed by atoms with Crippen LogP contribution < -0.4 is 10.6 Å². The number of nitriles is 1. The number of amides is 1. The molecule has 2 rings (SSSR count). The lowest BCUT2D eigenvalue weighted by atomic mass is 10.2. The Bertz CT molecular complexity index is 506. The number of piperazine rings is 1. The van der Waals surface area contributed by atoms with E-state index in [4.69, 9.17) is 16.9 Å². The maximum atomic E-state index is 11.9. The van der Waals surface area contributed by atoms with Crippen molar-refractivity contribution in [3.63, 3.8) is 0 Å². The molecule has 1 heterocycles. The molecular formula is C13H15ClN4O. The van der Waals surface area contributed by atoms with Crippen LogP contribution in [0.5, 0.6) is 0 Å². The molecule has 19 heavy (non-hydrogen) atoms. The fraction of sp³-hybridized carbons (Fsp3) is 0.385. The molecular weight excluding hydrogens is 264 g/mol. The van der Waals surface area contributed by atoms with E-state index in [1.807, 2.05) is 6.07 Å². The number of hydrogen-bond acceptors (Lipinski definition) is 4. The van der Waals surface area contributed by atoms with Crippen LogP contribution in [0, 0.1) is 11.3 Å². The lowest BCUT2D eigenvalue weighted by Gasteiger charge is -2.26. The van der Waals surface area contributed by atoms with Gasteiger partial charge in [-0.05, 0) is 18.2 Å². The lowest BCUT2D eigenvalue weighted by molar-refractivity contribution is -0.117. The summed E-state index contributed by atoms with van der Waals surface area (Å²) in [5.74, 6) is -0.0670. The first-order chi connectivity index (χ1) is 9.19. The largest absolute Gasteiger partial charge is 0.325 e. The number of hydrogen-bond donors (Lipinski definition) is 2. The van der Waals surface area contributed by atoms with Crippen LogP contribution in [0.25, 0.3) is 0 Å². The van der Waals surface area contributed by atoms with Crippen molar-refractivity contribution in [3.8, 4) is 6.07 Å². The highest BCUT2D eigenvalue weighted by Gasteiger charge is 2.13. The summed E-state index contributed by atoms with van der Waals surface area (Å²) >= 11 is 5.91. The van der Waals surface area contributed by atoms with E-state index in [0.717, 1.165) is 26.2 Å². The molecule has 0 atom stereocenters. The van der Waals surface area contributed by atoms with Gasteiger partial charge in [-0.15, -0.1) is 0 Å². The molecule has 0 aliphatic carbocycles. The van der Waals surface area contributed by atoms with Gasteiger partial charge in [-0.2, -0.15) is 5.26 Å². The number of nitrogens with zero attached hydrogens (tertiary/aromatic N) is 2. The zero-order valence-electron chi connectivity index (χ0n) is 10.4. The number of anilines is 1. The van der Waals surface area contributed by atoms with Crippen molar-refractivity contribution in [3.05, 3.63) is 28.8 Å². The average molecular weight is 279 g/mol. The standard InChI is InChI=1S/C13H15ClN4O/c14-12-7-11(2-1-10(12)8-15)17-13(19)9-18-5-3-16-4-6-18/h1-2,7,16H,3-6,9H2,(H,17,19). The van der Waals surface area contributed by atoms with Crippen molar-refractivity contribution in [1.29, 1.82) is 5.26 Å². The first-order valence-electron chi connectivity index (χ1n) is 6.11. The summed E-state index contributed by atoms with van der Waals surface area (Å²) in [6, 6.07) is 6.86. The number of nitrogens with one attached hydrogen (secondary N) is 2. The molecule has 0 saturated carbocycles. The van der Waals surface area contributed by atoms with E-state index >= 15 is 0 Å². The molecule has 0 spiro atoms. The maximum Gasteiger partial charge on any atom is 0.238 e. The Balaban J connectivity index is 1.91. The van der Waals surface area contributed by atoms with Gasteiger partial charge < -0.3 is 10.6 Å². The molecule has 0 aromatic heterocycles. The Morgan fingerprint density at radius 1 is 1.47 bits per heavy atom. The molecule has 6 heteroatoms. The quantitative estimate of drug-likeness (QED) is 0.867. The van der Waals surface area contributed by atoms with Crippen LogP contribution >= 0.6 is 11.6 Å². The van der Waals surface area contributed by atoms with E-state index in [1.165, 1.54) is 0 Å². The summed E-state index contributed by atoms with van der Waals surface area (Å²) in [5, 5.41) is 15.1. The highest BCUT2D eigenvalue weighted by atomic mass is 35.5. The monoisotopic (exact) mass is 278 g/mol. The Morgan fingerprint density at radius 3 is 2.84 bits per heavy atom. The van der Waals surface area contributed by atoms with Crippen molar-refractivity contribution < 1.29 is 4.79 Å². The second-order valence-electron chi connectivity index (χ2n) is 4.38. The second kappa shape index (κ2) is 6.53. The Morgan fingerprint density at radius 2 is 2.21 bits per heavy atom. The number of carbonyl (C=O) groups excluding carboxylic acids is 1. The molecule has 0 bridgehead atoms. The Kier molecular flexibility index (Phi) is 4.74. The van der Waals surface area contributed by atoms with Crippen LogP contribution in [0.15, 0.2) is 18.2 Å². The summed E-state index contributed by atoms with van der Waals surface area (Å²) < 4.78 is 0. The summed E-state index contributed by atoms with van der Waals surface area (Å²) in [5.41, 5.74) is 1.02. The molecule has 1 aliphatic rings. The molecule has 1 fully saturated rings. The Hall–Kier alpha value is -1.61.